The van der Waals surface area contributed by atoms with Gasteiger partial charge in [0.15, 0.2) is 5.13 Å². The van der Waals surface area contributed by atoms with E-state index in [1.54, 1.807) is 0 Å². The first kappa shape index (κ1) is 15.4. The molecule has 0 spiro atoms. The summed E-state index contributed by atoms with van der Waals surface area (Å²) in [7, 11) is -3.36. The molecule has 2 aromatic rings. The Morgan fingerprint density at radius 3 is 2.91 bits per heavy atom. The number of anilines is 1. The normalized spacial score (nSPS) is 19.6. The van der Waals surface area contributed by atoms with Crippen molar-refractivity contribution >= 4 is 42.6 Å². The molecule has 1 amide bonds. The van der Waals surface area contributed by atoms with Crippen molar-refractivity contribution < 1.29 is 13.2 Å². The number of thiazole rings is 1. The zero-order chi connectivity index (χ0) is 15.9. The number of benzene rings is 1. The predicted molar refractivity (Wildman–Crippen MR) is 87.6 cm³/mol. The molecule has 0 saturated carbocycles. The lowest BCUT2D eigenvalue weighted by atomic mass is 10.2. The topological polar surface area (TPSA) is 79.4 Å². The molecule has 0 aliphatic carbocycles. The highest BCUT2D eigenvalue weighted by Crippen LogP contribution is 2.29. The molecule has 1 aliphatic heterocycles. The van der Waals surface area contributed by atoms with Gasteiger partial charge in [-0.3, -0.25) is 4.79 Å². The molecule has 0 bridgehead atoms. The van der Waals surface area contributed by atoms with Crippen molar-refractivity contribution in [3.8, 4) is 0 Å². The molecule has 1 saturated heterocycles. The molecule has 8 heteroatoms. The van der Waals surface area contributed by atoms with E-state index in [0.717, 1.165) is 22.0 Å². The average molecular weight is 339 g/mol. The van der Waals surface area contributed by atoms with Gasteiger partial charge in [-0.05, 0) is 31.4 Å². The predicted octanol–water partition coefficient (Wildman–Crippen LogP) is 1.97. The quantitative estimate of drug-likeness (QED) is 0.927. The van der Waals surface area contributed by atoms with Gasteiger partial charge in [-0.1, -0.05) is 23.5 Å². The largest absolute Gasteiger partial charge is 0.301 e. The second-order valence-corrected chi connectivity index (χ2v) is 8.43. The molecule has 6 nitrogen and oxygen atoms in total. The highest BCUT2D eigenvalue weighted by Gasteiger charge is 2.36. The minimum atomic E-state index is -3.36. The molecule has 0 radical (unpaired) electrons. The fourth-order valence-corrected chi connectivity index (χ4v) is 4.80. The summed E-state index contributed by atoms with van der Waals surface area (Å²) in [6.07, 6.45) is 2.38. The van der Waals surface area contributed by atoms with Gasteiger partial charge < -0.3 is 5.32 Å². The first-order valence-corrected chi connectivity index (χ1v) is 9.66. The van der Waals surface area contributed by atoms with Gasteiger partial charge in [0.1, 0.15) is 6.04 Å². The summed E-state index contributed by atoms with van der Waals surface area (Å²) in [5, 5.41) is 3.27. The molecule has 118 valence electrons. The van der Waals surface area contributed by atoms with E-state index >= 15 is 0 Å². The van der Waals surface area contributed by atoms with Gasteiger partial charge in [-0.2, -0.15) is 4.31 Å². The Hall–Kier alpha value is -1.51. The minimum Gasteiger partial charge on any atom is -0.301 e. The molecule has 1 aromatic carbocycles. The van der Waals surface area contributed by atoms with Crippen LogP contribution in [0, 0.1) is 6.92 Å². The van der Waals surface area contributed by atoms with Crippen LogP contribution in [0.5, 0.6) is 0 Å². The molecule has 2 heterocycles. The average Bonchev–Trinajstić information content (AvgIpc) is 3.04. The van der Waals surface area contributed by atoms with Gasteiger partial charge in [0.2, 0.25) is 15.9 Å². The number of amides is 1. The van der Waals surface area contributed by atoms with E-state index in [1.165, 1.54) is 15.6 Å². The van der Waals surface area contributed by atoms with Crippen LogP contribution in [0.3, 0.4) is 0 Å². The lowest BCUT2D eigenvalue weighted by Gasteiger charge is -2.20. The van der Waals surface area contributed by atoms with Crippen LogP contribution in [-0.2, 0) is 14.8 Å². The van der Waals surface area contributed by atoms with E-state index in [2.05, 4.69) is 10.3 Å². The van der Waals surface area contributed by atoms with Gasteiger partial charge in [-0.25, -0.2) is 13.4 Å². The second-order valence-electron chi connectivity index (χ2n) is 5.46. The molecule has 1 aliphatic rings. The number of para-hydroxylation sites is 1. The number of hydrogen-bond acceptors (Lipinski definition) is 5. The minimum absolute atomic E-state index is 0.306. The fourth-order valence-electron chi connectivity index (χ4n) is 2.73. The Morgan fingerprint density at radius 2 is 2.23 bits per heavy atom. The van der Waals surface area contributed by atoms with Crippen LogP contribution < -0.4 is 5.32 Å². The number of carbonyl (C=O) groups is 1. The fraction of sp³-hybridized carbons (Fsp3) is 0.429. The number of carbonyl (C=O) groups excluding carboxylic acids is 1. The van der Waals surface area contributed by atoms with Crippen LogP contribution in [-0.4, -0.2) is 42.5 Å². The molecule has 1 aromatic heterocycles. The van der Waals surface area contributed by atoms with Gasteiger partial charge in [-0.15, -0.1) is 0 Å². The molecule has 1 N–H and O–H groups in total. The van der Waals surface area contributed by atoms with Gasteiger partial charge in [0, 0.05) is 6.54 Å². The van der Waals surface area contributed by atoms with Crippen LogP contribution in [0.2, 0.25) is 0 Å². The molecule has 22 heavy (non-hydrogen) atoms. The highest BCUT2D eigenvalue weighted by molar-refractivity contribution is 7.88. The van der Waals surface area contributed by atoms with E-state index in [-0.39, 0.29) is 5.91 Å². The van der Waals surface area contributed by atoms with Crippen molar-refractivity contribution in [1.82, 2.24) is 9.29 Å². The van der Waals surface area contributed by atoms with E-state index in [4.69, 9.17) is 0 Å². The number of nitrogens with zero attached hydrogens (tertiary/aromatic N) is 2. The zero-order valence-corrected chi connectivity index (χ0v) is 14.0. The molecule has 1 fully saturated rings. The van der Waals surface area contributed by atoms with Gasteiger partial charge >= 0.3 is 0 Å². The van der Waals surface area contributed by atoms with Crippen molar-refractivity contribution in [2.45, 2.75) is 25.8 Å². The standard InChI is InChI=1S/C14H17N3O3S2/c1-9-5-3-7-11-12(9)15-14(21-11)16-13(18)10-6-4-8-17(10)22(2,19)20/h3,5,7,10H,4,6,8H2,1-2H3,(H,15,16,18)/t10-/m1/s1. The Bertz CT molecular complexity index is 829. The van der Waals surface area contributed by atoms with E-state index in [1.807, 2.05) is 25.1 Å². The first-order chi connectivity index (χ1) is 10.4. The van der Waals surface area contributed by atoms with E-state index < -0.39 is 16.1 Å². The lowest BCUT2D eigenvalue weighted by Crippen LogP contribution is -2.42. The summed E-state index contributed by atoms with van der Waals surface area (Å²) in [6.45, 7) is 2.37. The third-order valence-corrected chi connectivity index (χ3v) is 6.01. The maximum atomic E-state index is 12.4. The van der Waals surface area contributed by atoms with Crippen molar-refractivity contribution in [2.24, 2.45) is 0 Å². The maximum Gasteiger partial charge on any atom is 0.244 e. The monoisotopic (exact) mass is 339 g/mol. The third kappa shape index (κ3) is 2.86. The number of nitrogens with one attached hydrogen (secondary N) is 1. The van der Waals surface area contributed by atoms with Crippen LogP contribution >= 0.6 is 11.3 Å². The Kier molecular flexibility index (Phi) is 3.92. The van der Waals surface area contributed by atoms with Gasteiger partial charge in [0.25, 0.3) is 0 Å². The lowest BCUT2D eigenvalue weighted by molar-refractivity contribution is -0.119. The summed E-state index contributed by atoms with van der Waals surface area (Å²) >= 11 is 1.40. The number of sulfonamides is 1. The summed E-state index contributed by atoms with van der Waals surface area (Å²) in [4.78, 5) is 16.8. The molecule has 3 rings (SSSR count). The number of rotatable bonds is 3. The van der Waals surface area contributed by atoms with Crippen LogP contribution in [0.4, 0.5) is 5.13 Å². The summed E-state index contributed by atoms with van der Waals surface area (Å²) in [5.41, 5.74) is 1.92. The van der Waals surface area contributed by atoms with Crippen LogP contribution in [0.1, 0.15) is 18.4 Å². The first-order valence-electron chi connectivity index (χ1n) is 7.00. The highest BCUT2D eigenvalue weighted by atomic mass is 32.2. The Labute approximate surface area is 133 Å². The maximum absolute atomic E-state index is 12.4. The number of fused-ring (bicyclic) bond motifs is 1. The molecule has 0 unspecified atom stereocenters. The zero-order valence-electron chi connectivity index (χ0n) is 12.4. The molecule has 1 atom stereocenters. The summed E-state index contributed by atoms with van der Waals surface area (Å²) in [5.74, 6) is -0.306. The molecular formula is C14H17N3O3S2. The van der Waals surface area contributed by atoms with Crippen molar-refractivity contribution in [3.05, 3.63) is 23.8 Å². The number of hydrogen-bond donors (Lipinski definition) is 1. The number of aromatic nitrogens is 1. The SMILES string of the molecule is Cc1cccc2sc(NC(=O)[C@H]3CCCN3S(C)(=O)=O)nc12. The van der Waals surface area contributed by atoms with Gasteiger partial charge in [0.05, 0.1) is 16.5 Å². The Balaban J connectivity index is 1.82. The van der Waals surface area contributed by atoms with Crippen LogP contribution in [0.25, 0.3) is 10.2 Å². The molecular weight excluding hydrogens is 322 g/mol. The summed E-state index contributed by atoms with van der Waals surface area (Å²) in [6, 6.07) is 5.23. The van der Waals surface area contributed by atoms with E-state index in [9.17, 15) is 13.2 Å². The van der Waals surface area contributed by atoms with Crippen LogP contribution in [0.15, 0.2) is 18.2 Å². The van der Waals surface area contributed by atoms with E-state index in [0.29, 0.717) is 24.5 Å². The second kappa shape index (κ2) is 5.60. The van der Waals surface area contributed by atoms with Crippen molar-refractivity contribution in [3.63, 3.8) is 0 Å². The van der Waals surface area contributed by atoms with Crippen molar-refractivity contribution in [2.75, 3.05) is 18.1 Å². The summed E-state index contributed by atoms with van der Waals surface area (Å²) < 4.78 is 25.7. The number of aryl methyl sites for hydroxylation is 1. The van der Waals surface area contributed by atoms with Crippen molar-refractivity contribution in [1.29, 1.82) is 0 Å². The third-order valence-electron chi connectivity index (χ3n) is 3.78. The Morgan fingerprint density at radius 1 is 1.45 bits per heavy atom. The smallest absolute Gasteiger partial charge is 0.244 e.